The number of nitrogens with zero attached hydrogens (tertiary/aromatic N) is 2. The van der Waals surface area contributed by atoms with Gasteiger partial charge in [0, 0.05) is 11.6 Å². The van der Waals surface area contributed by atoms with Crippen molar-refractivity contribution in [2.24, 2.45) is 0 Å². The van der Waals surface area contributed by atoms with E-state index in [0.29, 0.717) is 18.5 Å². The maximum atomic E-state index is 5.40. The molecule has 1 N–H and O–H groups in total. The van der Waals surface area contributed by atoms with E-state index in [0.717, 1.165) is 11.4 Å². The highest BCUT2D eigenvalue weighted by molar-refractivity contribution is 5.63. The van der Waals surface area contributed by atoms with Crippen molar-refractivity contribution in [2.75, 3.05) is 0 Å². The SMILES string of the molecule is Cc1cc(C)c(-c2nc(CNC3CC3)no2)c(C)c1. The van der Waals surface area contributed by atoms with Gasteiger partial charge in [-0.2, -0.15) is 4.98 Å². The fourth-order valence-electron chi connectivity index (χ4n) is 2.47. The first kappa shape index (κ1) is 12.4. The van der Waals surface area contributed by atoms with Gasteiger partial charge in [-0.25, -0.2) is 0 Å². The highest BCUT2D eigenvalue weighted by Crippen LogP contribution is 2.27. The molecule has 1 aliphatic carbocycles. The highest BCUT2D eigenvalue weighted by Gasteiger charge is 2.21. The lowest BCUT2D eigenvalue weighted by molar-refractivity contribution is 0.419. The van der Waals surface area contributed by atoms with Crippen LogP contribution in [0.1, 0.15) is 35.4 Å². The lowest BCUT2D eigenvalue weighted by Crippen LogP contribution is -2.16. The van der Waals surface area contributed by atoms with E-state index in [4.69, 9.17) is 4.52 Å². The van der Waals surface area contributed by atoms with Crippen molar-refractivity contribution in [3.63, 3.8) is 0 Å². The van der Waals surface area contributed by atoms with Crippen LogP contribution in [0.5, 0.6) is 0 Å². The molecule has 0 unspecified atom stereocenters. The topological polar surface area (TPSA) is 51.0 Å². The number of hydrogen-bond donors (Lipinski definition) is 1. The van der Waals surface area contributed by atoms with E-state index in [2.05, 4.69) is 48.4 Å². The number of hydrogen-bond acceptors (Lipinski definition) is 4. The summed E-state index contributed by atoms with van der Waals surface area (Å²) in [6, 6.07) is 4.95. The van der Waals surface area contributed by atoms with Gasteiger partial charge in [0.15, 0.2) is 5.82 Å². The summed E-state index contributed by atoms with van der Waals surface area (Å²) in [5, 5.41) is 7.44. The molecule has 19 heavy (non-hydrogen) atoms. The molecule has 0 saturated heterocycles. The van der Waals surface area contributed by atoms with Gasteiger partial charge >= 0.3 is 0 Å². The Morgan fingerprint density at radius 2 is 1.89 bits per heavy atom. The van der Waals surface area contributed by atoms with E-state index in [1.807, 2.05) is 0 Å². The molecule has 0 atom stereocenters. The minimum Gasteiger partial charge on any atom is -0.334 e. The smallest absolute Gasteiger partial charge is 0.258 e. The molecular weight excluding hydrogens is 238 g/mol. The van der Waals surface area contributed by atoms with E-state index >= 15 is 0 Å². The summed E-state index contributed by atoms with van der Waals surface area (Å²) in [4.78, 5) is 4.49. The lowest BCUT2D eigenvalue weighted by Gasteiger charge is -2.06. The third kappa shape index (κ3) is 2.68. The molecule has 1 saturated carbocycles. The standard InChI is InChI=1S/C15H19N3O/c1-9-6-10(2)14(11(3)7-9)15-17-13(18-19-15)8-16-12-4-5-12/h6-7,12,16H,4-5,8H2,1-3H3. The monoisotopic (exact) mass is 257 g/mol. The first-order valence-electron chi connectivity index (χ1n) is 6.77. The molecule has 1 heterocycles. The fraction of sp³-hybridized carbons (Fsp3) is 0.467. The summed E-state index contributed by atoms with van der Waals surface area (Å²) < 4.78 is 5.40. The summed E-state index contributed by atoms with van der Waals surface area (Å²) in [6.07, 6.45) is 2.53. The summed E-state index contributed by atoms with van der Waals surface area (Å²) >= 11 is 0. The van der Waals surface area contributed by atoms with E-state index in [-0.39, 0.29) is 0 Å². The van der Waals surface area contributed by atoms with Crippen LogP contribution in [0, 0.1) is 20.8 Å². The van der Waals surface area contributed by atoms with Crippen LogP contribution in [-0.4, -0.2) is 16.2 Å². The molecule has 0 bridgehead atoms. The molecule has 0 spiro atoms. The van der Waals surface area contributed by atoms with Crippen LogP contribution in [0.25, 0.3) is 11.5 Å². The van der Waals surface area contributed by atoms with Crippen molar-refractivity contribution in [3.8, 4) is 11.5 Å². The predicted molar refractivity (Wildman–Crippen MR) is 73.8 cm³/mol. The lowest BCUT2D eigenvalue weighted by atomic mass is 10.00. The Bertz CT molecular complexity index is 576. The van der Waals surface area contributed by atoms with Gasteiger partial charge < -0.3 is 9.84 Å². The Balaban J connectivity index is 1.85. The van der Waals surface area contributed by atoms with Crippen LogP contribution in [0.2, 0.25) is 0 Å². The number of rotatable bonds is 4. The van der Waals surface area contributed by atoms with Crippen LogP contribution < -0.4 is 5.32 Å². The normalized spacial score (nSPS) is 14.9. The maximum absolute atomic E-state index is 5.40. The van der Waals surface area contributed by atoms with Gasteiger partial charge in [0.1, 0.15) is 0 Å². The molecule has 1 fully saturated rings. The first-order valence-corrected chi connectivity index (χ1v) is 6.77. The minimum absolute atomic E-state index is 0.627. The number of benzene rings is 1. The van der Waals surface area contributed by atoms with Crippen LogP contribution in [0.4, 0.5) is 0 Å². The molecule has 2 aromatic rings. The van der Waals surface area contributed by atoms with Crippen molar-refractivity contribution in [2.45, 2.75) is 46.2 Å². The van der Waals surface area contributed by atoms with E-state index in [9.17, 15) is 0 Å². The molecule has 1 aromatic carbocycles. The molecule has 0 radical (unpaired) electrons. The van der Waals surface area contributed by atoms with Gasteiger partial charge in [0.25, 0.3) is 5.89 Å². The largest absolute Gasteiger partial charge is 0.334 e. The molecule has 100 valence electrons. The zero-order valence-electron chi connectivity index (χ0n) is 11.7. The van der Waals surface area contributed by atoms with Crippen LogP contribution in [-0.2, 0) is 6.54 Å². The number of aryl methyl sites for hydroxylation is 3. The molecule has 1 aliphatic rings. The van der Waals surface area contributed by atoms with E-state index in [1.54, 1.807) is 0 Å². The fourth-order valence-corrected chi connectivity index (χ4v) is 2.47. The summed E-state index contributed by atoms with van der Waals surface area (Å²) in [7, 11) is 0. The van der Waals surface area contributed by atoms with Crippen molar-refractivity contribution >= 4 is 0 Å². The Hall–Kier alpha value is -1.68. The second-order valence-electron chi connectivity index (χ2n) is 5.44. The Labute approximate surface area is 113 Å². The van der Waals surface area contributed by atoms with Crippen molar-refractivity contribution in [1.82, 2.24) is 15.5 Å². The summed E-state index contributed by atoms with van der Waals surface area (Å²) in [5.41, 5.74) is 4.69. The second-order valence-corrected chi connectivity index (χ2v) is 5.44. The third-order valence-corrected chi connectivity index (χ3v) is 3.49. The highest BCUT2D eigenvalue weighted by atomic mass is 16.5. The second kappa shape index (κ2) is 4.78. The quantitative estimate of drug-likeness (QED) is 0.915. The first-order chi connectivity index (χ1) is 9.13. The molecule has 4 nitrogen and oxygen atoms in total. The zero-order chi connectivity index (χ0) is 13.4. The average molecular weight is 257 g/mol. The summed E-state index contributed by atoms with van der Waals surface area (Å²) in [6.45, 7) is 6.96. The van der Waals surface area contributed by atoms with Gasteiger partial charge in [0.2, 0.25) is 0 Å². The van der Waals surface area contributed by atoms with Gasteiger partial charge in [-0.15, -0.1) is 0 Å². The molecular formula is C15H19N3O. The Kier molecular flexibility index (Phi) is 3.11. The van der Waals surface area contributed by atoms with Crippen molar-refractivity contribution in [3.05, 3.63) is 34.6 Å². The van der Waals surface area contributed by atoms with Crippen LogP contribution in [0.15, 0.2) is 16.7 Å². The predicted octanol–water partition coefficient (Wildman–Crippen LogP) is 2.91. The Morgan fingerprint density at radius 3 is 2.53 bits per heavy atom. The third-order valence-electron chi connectivity index (χ3n) is 3.49. The average Bonchev–Trinajstić information content (AvgIpc) is 3.05. The maximum Gasteiger partial charge on any atom is 0.258 e. The van der Waals surface area contributed by atoms with Crippen molar-refractivity contribution < 1.29 is 4.52 Å². The molecule has 0 aliphatic heterocycles. The zero-order valence-corrected chi connectivity index (χ0v) is 11.7. The summed E-state index contributed by atoms with van der Waals surface area (Å²) in [5.74, 6) is 1.36. The Morgan fingerprint density at radius 1 is 1.21 bits per heavy atom. The molecule has 4 heteroatoms. The number of nitrogens with one attached hydrogen (secondary N) is 1. The molecule has 0 amide bonds. The van der Waals surface area contributed by atoms with Crippen LogP contribution in [0.3, 0.4) is 0 Å². The number of aromatic nitrogens is 2. The van der Waals surface area contributed by atoms with Crippen LogP contribution >= 0.6 is 0 Å². The minimum atomic E-state index is 0.627. The van der Waals surface area contributed by atoms with E-state index in [1.165, 1.54) is 29.5 Å². The molecule has 3 rings (SSSR count). The van der Waals surface area contributed by atoms with Gasteiger partial charge in [-0.3, -0.25) is 0 Å². The van der Waals surface area contributed by atoms with Gasteiger partial charge in [0.05, 0.1) is 6.54 Å². The van der Waals surface area contributed by atoms with Gasteiger partial charge in [-0.05, 0) is 44.7 Å². The van der Waals surface area contributed by atoms with Gasteiger partial charge in [-0.1, -0.05) is 22.9 Å². The van der Waals surface area contributed by atoms with Crippen molar-refractivity contribution in [1.29, 1.82) is 0 Å². The van der Waals surface area contributed by atoms with E-state index < -0.39 is 0 Å². The molecule has 1 aromatic heterocycles.